The van der Waals surface area contributed by atoms with Crippen molar-refractivity contribution in [3.8, 4) is 6.07 Å². The molecule has 0 radical (unpaired) electrons. The fraction of sp³-hybridized carbons (Fsp3) is 0.278. The predicted octanol–water partition coefficient (Wildman–Crippen LogP) is 3.09. The van der Waals surface area contributed by atoms with Crippen molar-refractivity contribution in [3.05, 3.63) is 62.5 Å². The molecule has 0 bridgehead atoms. The molecule has 1 aliphatic heterocycles. The van der Waals surface area contributed by atoms with E-state index in [4.69, 9.17) is 16.0 Å². The summed E-state index contributed by atoms with van der Waals surface area (Å²) in [5.74, 6) is 0.551. The van der Waals surface area contributed by atoms with Crippen LogP contribution in [0.15, 0.2) is 34.3 Å². The van der Waals surface area contributed by atoms with Gasteiger partial charge in [0.15, 0.2) is 5.22 Å². The van der Waals surface area contributed by atoms with Crippen LogP contribution >= 0.6 is 22.9 Å². The van der Waals surface area contributed by atoms with Crippen LogP contribution < -0.4 is 5.32 Å². The van der Waals surface area contributed by atoms with Crippen LogP contribution in [0.1, 0.15) is 38.2 Å². The SMILES string of the molecule is Cn1cc(C(=O)NC2CN(Cc3ccc(Cl)o3)Cc3scc(C#N)c32)cn1. The molecule has 1 aliphatic rings. The first kappa shape index (κ1) is 17.8. The minimum atomic E-state index is -0.284. The highest BCUT2D eigenvalue weighted by Gasteiger charge is 2.31. The Balaban J connectivity index is 1.59. The molecule has 0 aliphatic carbocycles. The topological polar surface area (TPSA) is 87.1 Å². The van der Waals surface area contributed by atoms with Crippen LogP contribution in [0.2, 0.25) is 5.22 Å². The number of nitriles is 1. The number of halogens is 1. The molecule has 0 fully saturated rings. The number of thiophene rings is 1. The Hall–Kier alpha value is -2.60. The van der Waals surface area contributed by atoms with Gasteiger partial charge in [0, 0.05) is 42.2 Å². The number of fused-ring (bicyclic) bond motifs is 1. The summed E-state index contributed by atoms with van der Waals surface area (Å²) < 4.78 is 7.05. The van der Waals surface area contributed by atoms with E-state index in [9.17, 15) is 10.1 Å². The van der Waals surface area contributed by atoms with E-state index < -0.39 is 0 Å². The summed E-state index contributed by atoms with van der Waals surface area (Å²) in [6, 6.07) is 5.51. The van der Waals surface area contributed by atoms with E-state index in [2.05, 4.69) is 21.4 Å². The van der Waals surface area contributed by atoms with Gasteiger partial charge in [-0.3, -0.25) is 14.4 Å². The first-order valence-electron chi connectivity index (χ1n) is 8.30. The average Bonchev–Trinajstić information content (AvgIpc) is 3.35. The van der Waals surface area contributed by atoms with E-state index >= 15 is 0 Å². The zero-order chi connectivity index (χ0) is 19.0. The van der Waals surface area contributed by atoms with Crippen molar-refractivity contribution in [1.82, 2.24) is 20.0 Å². The molecule has 27 heavy (non-hydrogen) atoms. The van der Waals surface area contributed by atoms with Crippen LogP contribution in [0.25, 0.3) is 0 Å². The monoisotopic (exact) mass is 401 g/mol. The number of rotatable bonds is 4. The van der Waals surface area contributed by atoms with E-state index in [0.29, 0.717) is 36.0 Å². The molecule has 1 unspecified atom stereocenters. The molecule has 138 valence electrons. The second kappa shape index (κ2) is 7.19. The number of nitrogens with one attached hydrogen (secondary N) is 1. The highest BCUT2D eigenvalue weighted by atomic mass is 35.5. The normalized spacial score (nSPS) is 16.7. The maximum absolute atomic E-state index is 12.6. The quantitative estimate of drug-likeness (QED) is 0.725. The zero-order valence-corrected chi connectivity index (χ0v) is 16.0. The summed E-state index contributed by atoms with van der Waals surface area (Å²) in [5.41, 5.74) is 2.02. The molecule has 7 nitrogen and oxygen atoms in total. The summed E-state index contributed by atoms with van der Waals surface area (Å²) in [4.78, 5) is 15.9. The third-order valence-corrected chi connectivity index (χ3v) is 5.66. The molecule has 4 heterocycles. The Labute approximate surface area is 164 Å². The summed E-state index contributed by atoms with van der Waals surface area (Å²) in [6.45, 7) is 1.84. The molecule has 0 saturated heterocycles. The van der Waals surface area contributed by atoms with Crippen LogP contribution in [0, 0.1) is 11.3 Å². The lowest BCUT2D eigenvalue weighted by molar-refractivity contribution is 0.0913. The number of amides is 1. The fourth-order valence-corrected chi connectivity index (χ4v) is 4.53. The maximum Gasteiger partial charge on any atom is 0.254 e. The van der Waals surface area contributed by atoms with Crippen LogP contribution in [0.3, 0.4) is 0 Å². The number of hydrogen-bond donors (Lipinski definition) is 1. The van der Waals surface area contributed by atoms with Gasteiger partial charge >= 0.3 is 0 Å². The first-order chi connectivity index (χ1) is 13.0. The molecule has 4 rings (SSSR count). The predicted molar refractivity (Wildman–Crippen MR) is 100 cm³/mol. The van der Waals surface area contributed by atoms with Crippen molar-refractivity contribution in [2.45, 2.75) is 19.1 Å². The maximum atomic E-state index is 12.6. The van der Waals surface area contributed by atoms with Crippen molar-refractivity contribution in [1.29, 1.82) is 5.26 Å². The van der Waals surface area contributed by atoms with Gasteiger partial charge in [-0.1, -0.05) is 0 Å². The number of aromatic nitrogens is 2. The Morgan fingerprint density at radius 2 is 2.41 bits per heavy atom. The third-order valence-electron chi connectivity index (χ3n) is 4.47. The molecule has 3 aromatic heterocycles. The van der Waals surface area contributed by atoms with E-state index in [1.54, 1.807) is 24.0 Å². The minimum Gasteiger partial charge on any atom is -0.448 e. The smallest absolute Gasteiger partial charge is 0.254 e. The van der Waals surface area contributed by atoms with Gasteiger partial charge in [-0.05, 0) is 23.7 Å². The summed E-state index contributed by atoms with van der Waals surface area (Å²) in [5, 5.41) is 18.7. The molecule has 1 N–H and O–H groups in total. The van der Waals surface area contributed by atoms with E-state index in [0.717, 1.165) is 16.2 Å². The molecular weight excluding hydrogens is 386 g/mol. The van der Waals surface area contributed by atoms with Crippen LogP contribution in [-0.4, -0.2) is 27.1 Å². The Kier molecular flexibility index (Phi) is 4.74. The van der Waals surface area contributed by atoms with E-state index in [-0.39, 0.29) is 11.9 Å². The molecule has 0 saturated carbocycles. The zero-order valence-electron chi connectivity index (χ0n) is 14.5. The fourth-order valence-electron chi connectivity index (χ4n) is 3.29. The average molecular weight is 402 g/mol. The number of nitrogens with zero attached hydrogens (tertiary/aromatic N) is 4. The van der Waals surface area contributed by atoms with Crippen molar-refractivity contribution < 1.29 is 9.21 Å². The summed E-state index contributed by atoms with van der Waals surface area (Å²) in [6.07, 6.45) is 3.20. The van der Waals surface area contributed by atoms with Crippen LogP contribution in [0.4, 0.5) is 0 Å². The van der Waals surface area contributed by atoms with Gasteiger partial charge in [-0.2, -0.15) is 10.4 Å². The van der Waals surface area contributed by atoms with Crippen LogP contribution in [-0.2, 0) is 20.1 Å². The molecule has 1 atom stereocenters. The summed E-state index contributed by atoms with van der Waals surface area (Å²) >= 11 is 7.40. The molecule has 3 aromatic rings. The van der Waals surface area contributed by atoms with Crippen LogP contribution in [0.5, 0.6) is 0 Å². The standard InChI is InChI=1S/C18H16ClN5O2S/c1-23-6-12(5-21-23)18(25)22-14-8-24(7-13-2-3-16(19)26-13)9-15-17(14)11(4-20)10-27-15/h2-3,5-6,10,14H,7-9H2,1H3,(H,22,25). The largest absolute Gasteiger partial charge is 0.448 e. The van der Waals surface area contributed by atoms with Gasteiger partial charge in [0.05, 0.1) is 29.9 Å². The number of carbonyl (C=O) groups is 1. The second-order valence-electron chi connectivity index (χ2n) is 6.40. The molecule has 0 aromatic carbocycles. The second-order valence-corrected chi connectivity index (χ2v) is 7.74. The Bertz CT molecular complexity index is 1030. The van der Waals surface area contributed by atoms with Gasteiger partial charge in [-0.15, -0.1) is 11.3 Å². The minimum absolute atomic E-state index is 0.211. The van der Waals surface area contributed by atoms with Crippen molar-refractivity contribution in [2.24, 2.45) is 7.05 Å². The summed E-state index contributed by atoms with van der Waals surface area (Å²) in [7, 11) is 1.76. The highest BCUT2D eigenvalue weighted by Crippen LogP contribution is 2.35. The number of aryl methyl sites for hydroxylation is 1. The number of carbonyl (C=O) groups excluding carboxylic acids is 1. The third kappa shape index (κ3) is 3.62. The number of furan rings is 1. The van der Waals surface area contributed by atoms with Gasteiger partial charge in [-0.25, -0.2) is 0 Å². The molecule has 1 amide bonds. The van der Waals surface area contributed by atoms with E-state index in [1.807, 2.05) is 11.4 Å². The van der Waals surface area contributed by atoms with Crippen molar-refractivity contribution in [2.75, 3.05) is 6.54 Å². The first-order valence-corrected chi connectivity index (χ1v) is 9.55. The van der Waals surface area contributed by atoms with Gasteiger partial charge in [0.1, 0.15) is 11.8 Å². The highest BCUT2D eigenvalue weighted by molar-refractivity contribution is 7.10. The van der Waals surface area contributed by atoms with E-state index in [1.165, 1.54) is 17.5 Å². The molecule has 9 heteroatoms. The molecular formula is C18H16ClN5O2S. The van der Waals surface area contributed by atoms with Gasteiger partial charge in [0.2, 0.25) is 0 Å². The van der Waals surface area contributed by atoms with Gasteiger partial charge < -0.3 is 9.73 Å². The van der Waals surface area contributed by atoms with Crippen molar-refractivity contribution in [3.63, 3.8) is 0 Å². The Morgan fingerprint density at radius 3 is 3.07 bits per heavy atom. The molecule has 0 spiro atoms. The lowest BCUT2D eigenvalue weighted by Crippen LogP contribution is -2.41. The Morgan fingerprint density at radius 1 is 1.56 bits per heavy atom. The van der Waals surface area contributed by atoms with Gasteiger partial charge in [0.25, 0.3) is 5.91 Å². The lowest BCUT2D eigenvalue weighted by Gasteiger charge is -2.33. The lowest BCUT2D eigenvalue weighted by atomic mass is 9.98. The number of hydrogen-bond acceptors (Lipinski definition) is 6. The van der Waals surface area contributed by atoms with Crippen molar-refractivity contribution >= 4 is 28.8 Å².